The minimum Gasteiger partial charge on any atom is -0.457 e. The first-order valence-corrected chi connectivity index (χ1v) is 9.54. The van der Waals surface area contributed by atoms with E-state index in [-0.39, 0.29) is 9.52 Å². The van der Waals surface area contributed by atoms with Gasteiger partial charge in [0.25, 0.3) is 0 Å². The van der Waals surface area contributed by atoms with Gasteiger partial charge in [-0.05, 0) is 29.8 Å². The van der Waals surface area contributed by atoms with Gasteiger partial charge in [-0.1, -0.05) is 65.9 Å². The molecule has 0 heterocycles. The highest BCUT2D eigenvalue weighted by atomic mass is 28.2. The van der Waals surface area contributed by atoms with Gasteiger partial charge in [0.2, 0.25) is 0 Å². The van der Waals surface area contributed by atoms with Gasteiger partial charge >= 0.3 is 0 Å². The zero-order valence-electron chi connectivity index (χ0n) is 13.0. The summed E-state index contributed by atoms with van der Waals surface area (Å²) in [5, 5.41) is 1.44. The highest BCUT2D eigenvalue weighted by molar-refractivity contribution is 6.53. The quantitative estimate of drug-likeness (QED) is 0.490. The van der Waals surface area contributed by atoms with Crippen molar-refractivity contribution in [2.45, 2.75) is 6.61 Å². The molecule has 0 radical (unpaired) electrons. The molecule has 0 aliphatic carbocycles. The molecule has 0 spiro atoms. The topological polar surface area (TPSA) is 18.5 Å². The fourth-order valence-corrected chi connectivity index (χ4v) is 3.48. The van der Waals surface area contributed by atoms with Crippen LogP contribution in [-0.4, -0.2) is 15.7 Å². The maximum Gasteiger partial charge on any atom is 0.127 e. The molecule has 3 rings (SSSR count). The lowest BCUT2D eigenvalue weighted by atomic mass is 10.2. The zero-order valence-corrected chi connectivity index (χ0v) is 14.4. The lowest BCUT2D eigenvalue weighted by molar-refractivity contribution is 0.164. The Balaban J connectivity index is 1.49. The largest absolute Gasteiger partial charge is 0.457 e. The third-order valence-corrected chi connectivity index (χ3v) is 5.07. The molecule has 0 fully saturated rings. The zero-order chi connectivity index (χ0) is 15.7. The molecule has 0 N–H and O–H groups in total. The number of hydrogen-bond acceptors (Lipinski definition) is 2. The molecule has 0 bridgehead atoms. The number of benzene rings is 3. The summed E-state index contributed by atoms with van der Waals surface area (Å²) in [6.07, 6.45) is 0.855. The van der Waals surface area contributed by atoms with E-state index in [1.165, 1.54) is 5.19 Å². The van der Waals surface area contributed by atoms with Crippen molar-refractivity contribution in [3.8, 4) is 11.5 Å². The molecule has 3 heteroatoms. The van der Waals surface area contributed by atoms with Crippen LogP contribution in [0.25, 0.3) is 0 Å². The Hall–Kier alpha value is -2.36. The molecule has 0 aromatic heterocycles. The van der Waals surface area contributed by atoms with Crippen LogP contribution in [0.15, 0.2) is 84.9 Å². The fourth-order valence-electron chi connectivity index (χ4n) is 2.35. The summed E-state index contributed by atoms with van der Waals surface area (Å²) in [5.41, 5.74) is 1.14. The normalized spacial score (nSPS) is 11.0. The first-order chi connectivity index (χ1) is 11.4. The van der Waals surface area contributed by atoms with Gasteiger partial charge in [-0.25, -0.2) is 0 Å². The molecule has 2 nitrogen and oxygen atoms in total. The van der Waals surface area contributed by atoms with Crippen LogP contribution in [0.3, 0.4) is 0 Å². The lowest BCUT2D eigenvalue weighted by Gasteiger charge is -2.08. The number of para-hydroxylation sites is 1. The monoisotopic (exact) mass is 320 g/mol. The Morgan fingerprint density at radius 3 is 2.17 bits per heavy atom. The van der Waals surface area contributed by atoms with E-state index in [4.69, 9.17) is 9.47 Å². The van der Waals surface area contributed by atoms with Crippen molar-refractivity contribution in [2.75, 3.05) is 6.23 Å². The van der Waals surface area contributed by atoms with Crippen molar-refractivity contribution >= 4 is 14.7 Å². The summed E-state index contributed by atoms with van der Waals surface area (Å²) in [5.74, 6) is 1.69. The predicted octanol–water partition coefficient (Wildman–Crippen LogP) is 3.45. The number of rotatable bonds is 7. The number of hydrogen-bond donors (Lipinski definition) is 0. The van der Waals surface area contributed by atoms with E-state index >= 15 is 0 Å². The SMILES string of the molecule is c1ccc(Oc2cccc(COC[SiH2]c3ccccc3)c2)cc1. The molecular weight excluding hydrogens is 300 g/mol. The van der Waals surface area contributed by atoms with Crippen molar-refractivity contribution in [2.24, 2.45) is 0 Å². The summed E-state index contributed by atoms with van der Waals surface area (Å²) in [6.45, 7) is 0.631. The Morgan fingerprint density at radius 1 is 0.696 bits per heavy atom. The Kier molecular flexibility index (Phi) is 5.62. The molecule has 0 saturated heterocycles. The Morgan fingerprint density at radius 2 is 1.39 bits per heavy atom. The molecule has 0 amide bonds. The van der Waals surface area contributed by atoms with Crippen LogP contribution in [-0.2, 0) is 11.3 Å². The summed E-state index contributed by atoms with van der Waals surface area (Å²) in [4.78, 5) is 0. The second-order valence-corrected chi connectivity index (χ2v) is 7.08. The highest BCUT2D eigenvalue weighted by Gasteiger charge is 2.00. The first-order valence-electron chi connectivity index (χ1n) is 7.84. The predicted molar refractivity (Wildman–Crippen MR) is 97.2 cm³/mol. The van der Waals surface area contributed by atoms with Crippen molar-refractivity contribution < 1.29 is 9.47 Å². The average molecular weight is 320 g/mol. The van der Waals surface area contributed by atoms with Gasteiger partial charge in [0.05, 0.1) is 16.1 Å². The molecular formula is C20H20O2Si. The van der Waals surface area contributed by atoms with Crippen LogP contribution >= 0.6 is 0 Å². The second kappa shape index (κ2) is 8.32. The average Bonchev–Trinajstić information content (AvgIpc) is 2.61. The van der Waals surface area contributed by atoms with Gasteiger partial charge in [0.1, 0.15) is 11.5 Å². The Labute approximate surface area is 139 Å². The third kappa shape index (κ3) is 5.09. The van der Waals surface area contributed by atoms with Crippen LogP contribution in [0.4, 0.5) is 0 Å². The third-order valence-electron chi connectivity index (χ3n) is 3.52. The summed E-state index contributed by atoms with van der Waals surface area (Å²) in [6, 6.07) is 28.5. The van der Waals surface area contributed by atoms with Crippen molar-refractivity contribution in [1.29, 1.82) is 0 Å². The molecule has 3 aromatic rings. The van der Waals surface area contributed by atoms with E-state index in [0.29, 0.717) is 6.61 Å². The van der Waals surface area contributed by atoms with E-state index in [1.54, 1.807) is 0 Å². The number of ether oxygens (including phenoxy) is 2. The van der Waals surface area contributed by atoms with E-state index in [1.807, 2.05) is 48.5 Å². The molecule has 116 valence electrons. The van der Waals surface area contributed by atoms with Crippen LogP contribution in [0, 0.1) is 0 Å². The van der Waals surface area contributed by atoms with Gasteiger partial charge in [0.15, 0.2) is 0 Å². The summed E-state index contributed by atoms with van der Waals surface area (Å²) < 4.78 is 11.7. The first kappa shape index (κ1) is 15.5. The lowest BCUT2D eigenvalue weighted by Crippen LogP contribution is -2.19. The van der Waals surface area contributed by atoms with Crippen molar-refractivity contribution in [1.82, 2.24) is 0 Å². The molecule has 0 atom stereocenters. The van der Waals surface area contributed by atoms with Crippen LogP contribution in [0.5, 0.6) is 11.5 Å². The van der Waals surface area contributed by atoms with Crippen LogP contribution in [0.1, 0.15) is 5.56 Å². The maximum absolute atomic E-state index is 5.85. The smallest absolute Gasteiger partial charge is 0.127 e. The standard InChI is InChI=1S/C20H20O2Si/c1-3-9-18(10-4-1)22-19-11-7-8-17(14-19)15-21-16-23-20-12-5-2-6-13-20/h1-14H,15-16,23H2. The minimum absolute atomic E-state index is 0.337. The van der Waals surface area contributed by atoms with Gasteiger partial charge < -0.3 is 9.47 Å². The fraction of sp³-hybridized carbons (Fsp3) is 0.100. The molecule has 0 unspecified atom stereocenters. The van der Waals surface area contributed by atoms with E-state index in [0.717, 1.165) is 23.3 Å². The maximum atomic E-state index is 5.85. The molecule has 23 heavy (non-hydrogen) atoms. The second-order valence-electron chi connectivity index (χ2n) is 5.35. The van der Waals surface area contributed by atoms with E-state index in [2.05, 4.69) is 36.4 Å². The van der Waals surface area contributed by atoms with Crippen LogP contribution < -0.4 is 9.92 Å². The molecule has 3 aromatic carbocycles. The highest BCUT2D eigenvalue weighted by Crippen LogP contribution is 2.21. The van der Waals surface area contributed by atoms with Crippen molar-refractivity contribution in [3.05, 3.63) is 90.5 Å². The van der Waals surface area contributed by atoms with Gasteiger partial charge in [0, 0.05) is 6.23 Å². The van der Waals surface area contributed by atoms with E-state index < -0.39 is 0 Å². The van der Waals surface area contributed by atoms with Crippen LogP contribution in [0.2, 0.25) is 0 Å². The van der Waals surface area contributed by atoms with Gasteiger partial charge in [-0.3, -0.25) is 0 Å². The molecule has 0 aliphatic rings. The molecule has 0 saturated carbocycles. The van der Waals surface area contributed by atoms with Gasteiger partial charge in [-0.2, -0.15) is 0 Å². The molecule has 0 aliphatic heterocycles. The summed E-state index contributed by atoms with van der Waals surface area (Å²) >= 11 is 0. The minimum atomic E-state index is -0.337. The van der Waals surface area contributed by atoms with E-state index in [9.17, 15) is 0 Å². The van der Waals surface area contributed by atoms with Crippen molar-refractivity contribution in [3.63, 3.8) is 0 Å². The van der Waals surface area contributed by atoms with Gasteiger partial charge in [-0.15, -0.1) is 0 Å². The Bertz CT molecular complexity index is 714. The summed E-state index contributed by atoms with van der Waals surface area (Å²) in [7, 11) is -0.337.